The summed E-state index contributed by atoms with van der Waals surface area (Å²) >= 11 is 0. The van der Waals surface area contributed by atoms with E-state index in [9.17, 15) is 10.4 Å². The molecule has 2 rings (SSSR count). The Labute approximate surface area is 102 Å². The lowest BCUT2D eigenvalue weighted by atomic mass is 9.84. The molecule has 1 unspecified atom stereocenters. The Balaban J connectivity index is 2.45. The Kier molecular flexibility index (Phi) is 2.78. The monoisotopic (exact) mass is 235 g/mol. The van der Waals surface area contributed by atoms with Gasteiger partial charge in [0, 0.05) is 5.54 Å². The van der Waals surface area contributed by atoms with Gasteiger partial charge in [0.15, 0.2) is 0 Å². The molecule has 94 valence electrons. The average molecular weight is 235 g/mol. The molecule has 1 N–H and O–H groups in total. The first-order valence-corrected chi connectivity index (χ1v) is 5.80. The number of hydroxylamine groups is 4. The van der Waals surface area contributed by atoms with Crippen LogP contribution >= 0.6 is 0 Å². The molecule has 0 bridgehead atoms. The third kappa shape index (κ3) is 1.60. The molecule has 1 aliphatic heterocycles. The molecule has 1 atom stereocenters. The molecular formula is C13H19N2O2-. The first-order valence-electron chi connectivity index (χ1n) is 5.80. The normalized spacial score (nSPS) is 28.5. The Morgan fingerprint density at radius 1 is 1.06 bits per heavy atom. The third-order valence-corrected chi connectivity index (χ3v) is 4.17. The minimum Gasteiger partial charge on any atom is -0.783 e. The average Bonchev–Trinajstić information content (AvgIpc) is 2.40. The lowest BCUT2D eigenvalue weighted by molar-refractivity contribution is -0.178. The maximum atomic E-state index is 12.4. The highest BCUT2D eigenvalue weighted by atomic mass is 16.6. The van der Waals surface area contributed by atoms with Crippen molar-refractivity contribution in [3.8, 4) is 0 Å². The molecule has 1 fully saturated rings. The van der Waals surface area contributed by atoms with Gasteiger partial charge in [-0.1, -0.05) is 30.3 Å². The van der Waals surface area contributed by atoms with Crippen LogP contribution < -0.4 is 0 Å². The van der Waals surface area contributed by atoms with Gasteiger partial charge in [0.25, 0.3) is 0 Å². The fraction of sp³-hybridized carbons (Fsp3) is 0.538. The summed E-state index contributed by atoms with van der Waals surface area (Å²) in [5.41, 5.74) is -0.444. The second-order valence-electron chi connectivity index (χ2n) is 5.57. The fourth-order valence-corrected chi connectivity index (χ4v) is 2.16. The molecule has 0 spiro atoms. The summed E-state index contributed by atoms with van der Waals surface area (Å²) in [6.07, 6.45) is -0.638. The molecular weight excluding hydrogens is 216 g/mol. The number of nitrogens with zero attached hydrogens (tertiary/aromatic N) is 2. The van der Waals surface area contributed by atoms with Gasteiger partial charge in [0.1, 0.15) is 6.17 Å². The van der Waals surface area contributed by atoms with Gasteiger partial charge in [0.2, 0.25) is 0 Å². The molecule has 4 nitrogen and oxygen atoms in total. The first-order chi connectivity index (χ1) is 7.80. The maximum Gasteiger partial charge on any atom is 0.102 e. The van der Waals surface area contributed by atoms with Gasteiger partial charge >= 0.3 is 0 Å². The summed E-state index contributed by atoms with van der Waals surface area (Å²) in [4.78, 5) is 0. The number of rotatable bonds is 1. The van der Waals surface area contributed by atoms with Gasteiger partial charge in [0.05, 0.1) is 5.54 Å². The van der Waals surface area contributed by atoms with Crippen molar-refractivity contribution in [2.45, 2.75) is 44.9 Å². The van der Waals surface area contributed by atoms with Crippen LogP contribution in [0, 0.1) is 5.21 Å². The Morgan fingerprint density at radius 2 is 1.59 bits per heavy atom. The molecule has 1 aliphatic rings. The van der Waals surface area contributed by atoms with Crippen LogP contribution in [0.1, 0.15) is 39.4 Å². The standard InChI is InChI=1S/C13H19N2O2/c1-12(2)13(3,4)15(17)11(14(12)16)10-8-6-5-7-9-10/h5-9,11,16H,1-4H3/q-1. The molecule has 17 heavy (non-hydrogen) atoms. The Hall–Kier alpha value is -0.940. The topological polar surface area (TPSA) is 49.8 Å². The van der Waals surface area contributed by atoms with Crippen molar-refractivity contribution < 1.29 is 5.21 Å². The highest BCUT2D eigenvalue weighted by Gasteiger charge is 2.54. The van der Waals surface area contributed by atoms with E-state index in [2.05, 4.69) is 0 Å². The van der Waals surface area contributed by atoms with Gasteiger partial charge in [-0.05, 0) is 33.3 Å². The van der Waals surface area contributed by atoms with E-state index >= 15 is 0 Å². The molecule has 0 aromatic heterocycles. The van der Waals surface area contributed by atoms with E-state index in [0.717, 1.165) is 15.7 Å². The van der Waals surface area contributed by atoms with Gasteiger partial charge < -0.3 is 15.5 Å². The van der Waals surface area contributed by atoms with Crippen molar-refractivity contribution in [3.63, 3.8) is 0 Å². The second-order valence-corrected chi connectivity index (χ2v) is 5.57. The van der Waals surface area contributed by atoms with E-state index in [-0.39, 0.29) is 0 Å². The second kappa shape index (κ2) is 3.78. The molecule has 0 radical (unpaired) electrons. The quantitative estimate of drug-likeness (QED) is 0.813. The lowest BCUT2D eigenvalue weighted by Crippen LogP contribution is -2.52. The first kappa shape index (κ1) is 12.5. The van der Waals surface area contributed by atoms with Gasteiger partial charge in [-0.15, -0.1) is 0 Å². The highest BCUT2D eigenvalue weighted by Crippen LogP contribution is 2.47. The van der Waals surface area contributed by atoms with E-state index in [1.165, 1.54) is 0 Å². The van der Waals surface area contributed by atoms with Crippen molar-refractivity contribution in [2.75, 3.05) is 0 Å². The van der Waals surface area contributed by atoms with Crippen LogP contribution in [-0.4, -0.2) is 26.4 Å². The summed E-state index contributed by atoms with van der Waals surface area (Å²) in [5.74, 6) is 0. The van der Waals surface area contributed by atoms with Crippen molar-refractivity contribution in [3.05, 3.63) is 41.1 Å². The van der Waals surface area contributed by atoms with Gasteiger partial charge in [-0.25, -0.2) is 0 Å². The van der Waals surface area contributed by atoms with Crippen molar-refractivity contribution in [2.24, 2.45) is 0 Å². The summed E-state index contributed by atoms with van der Waals surface area (Å²) in [7, 11) is 0. The van der Waals surface area contributed by atoms with Crippen molar-refractivity contribution in [1.29, 1.82) is 0 Å². The van der Waals surface area contributed by atoms with Crippen LogP contribution in [0.3, 0.4) is 0 Å². The van der Waals surface area contributed by atoms with E-state index < -0.39 is 17.2 Å². The van der Waals surface area contributed by atoms with Crippen LogP contribution in [0.4, 0.5) is 0 Å². The molecule has 4 heteroatoms. The van der Waals surface area contributed by atoms with Gasteiger partial charge in [-0.3, -0.25) is 0 Å². The molecule has 1 heterocycles. The summed E-state index contributed by atoms with van der Waals surface area (Å²) in [5, 5.41) is 24.8. The van der Waals surface area contributed by atoms with Gasteiger partial charge in [-0.2, -0.15) is 5.06 Å². The minimum atomic E-state index is -0.651. The molecule has 0 saturated carbocycles. The largest absolute Gasteiger partial charge is 0.783 e. The molecule has 0 amide bonds. The van der Waals surface area contributed by atoms with E-state index in [0.29, 0.717) is 0 Å². The fourth-order valence-electron chi connectivity index (χ4n) is 2.16. The number of hydrogen-bond acceptors (Lipinski definition) is 4. The van der Waals surface area contributed by atoms with Crippen LogP contribution in [0.25, 0.3) is 0 Å². The predicted molar refractivity (Wildman–Crippen MR) is 66.2 cm³/mol. The number of hydrogen-bond donors (Lipinski definition) is 1. The Morgan fingerprint density at radius 3 is 2.00 bits per heavy atom. The van der Waals surface area contributed by atoms with Crippen LogP contribution in [-0.2, 0) is 0 Å². The zero-order valence-electron chi connectivity index (χ0n) is 10.7. The highest BCUT2D eigenvalue weighted by molar-refractivity contribution is 5.23. The van der Waals surface area contributed by atoms with E-state index in [4.69, 9.17) is 0 Å². The summed E-state index contributed by atoms with van der Waals surface area (Å²) < 4.78 is 0. The lowest BCUT2D eigenvalue weighted by Gasteiger charge is -2.44. The summed E-state index contributed by atoms with van der Waals surface area (Å²) in [6.45, 7) is 7.46. The minimum absolute atomic E-state index is 0.602. The Bertz CT molecular complexity index is 383. The predicted octanol–water partition coefficient (Wildman–Crippen LogP) is 2.75. The van der Waals surface area contributed by atoms with Crippen molar-refractivity contribution >= 4 is 0 Å². The zero-order valence-corrected chi connectivity index (χ0v) is 10.7. The van der Waals surface area contributed by atoms with E-state index in [1.54, 1.807) is 0 Å². The maximum absolute atomic E-state index is 12.4. The van der Waals surface area contributed by atoms with Crippen LogP contribution in [0.5, 0.6) is 0 Å². The van der Waals surface area contributed by atoms with Crippen molar-refractivity contribution in [1.82, 2.24) is 10.1 Å². The number of benzene rings is 1. The van der Waals surface area contributed by atoms with E-state index in [1.807, 2.05) is 58.0 Å². The third-order valence-electron chi connectivity index (χ3n) is 4.17. The smallest absolute Gasteiger partial charge is 0.102 e. The zero-order chi connectivity index (χ0) is 12.8. The summed E-state index contributed by atoms with van der Waals surface area (Å²) in [6, 6.07) is 9.35. The molecule has 1 saturated heterocycles. The van der Waals surface area contributed by atoms with Crippen LogP contribution in [0.2, 0.25) is 0 Å². The van der Waals surface area contributed by atoms with Crippen LogP contribution in [0.15, 0.2) is 30.3 Å². The molecule has 1 aromatic rings. The molecule has 0 aliphatic carbocycles. The SMILES string of the molecule is CC1(C)N([O-])C(c2ccccc2)N(O)C1(C)C. The molecule has 1 aromatic carbocycles.